The Hall–Kier alpha value is -2.90. The van der Waals surface area contributed by atoms with Gasteiger partial charge in [-0.05, 0) is 30.7 Å². The van der Waals surface area contributed by atoms with E-state index >= 15 is 0 Å². The summed E-state index contributed by atoms with van der Waals surface area (Å²) in [6, 6.07) is 5.40. The van der Waals surface area contributed by atoms with Gasteiger partial charge < -0.3 is 10.6 Å². The number of hydrogen-bond donors (Lipinski definition) is 2. The van der Waals surface area contributed by atoms with E-state index in [9.17, 15) is 27.2 Å². The summed E-state index contributed by atoms with van der Waals surface area (Å²) in [5, 5.41) is 4.57. The molecule has 0 heterocycles. The van der Waals surface area contributed by atoms with Crippen LogP contribution in [-0.2, 0) is 9.59 Å². The van der Waals surface area contributed by atoms with Crippen molar-refractivity contribution in [1.29, 1.82) is 0 Å². The molecule has 4 nitrogen and oxygen atoms in total. The average Bonchev–Trinajstić information content (AvgIpc) is 3.33. The Kier molecular flexibility index (Phi) is 4.43. The van der Waals surface area contributed by atoms with Crippen molar-refractivity contribution in [3.05, 3.63) is 59.7 Å². The molecule has 2 aromatic carbocycles. The molecule has 8 heteroatoms. The molecule has 2 N–H and O–H groups in total. The SMILES string of the molecule is O=C(Nc1ccc(F)cc1F)C1CC1C(=O)Nc1ccc(F)cc1F. The molecule has 1 aliphatic rings. The van der Waals surface area contributed by atoms with Crippen molar-refractivity contribution in [2.24, 2.45) is 11.8 Å². The topological polar surface area (TPSA) is 58.2 Å². The van der Waals surface area contributed by atoms with E-state index in [2.05, 4.69) is 10.6 Å². The van der Waals surface area contributed by atoms with Crippen LogP contribution in [0, 0.1) is 35.1 Å². The Morgan fingerprint density at radius 3 is 1.52 bits per heavy atom. The molecule has 2 amide bonds. The largest absolute Gasteiger partial charge is 0.323 e. The number of benzene rings is 2. The smallest absolute Gasteiger partial charge is 0.228 e. The first-order valence-corrected chi connectivity index (χ1v) is 7.37. The van der Waals surface area contributed by atoms with Crippen molar-refractivity contribution >= 4 is 23.2 Å². The maximum absolute atomic E-state index is 13.5. The maximum Gasteiger partial charge on any atom is 0.228 e. The predicted octanol–water partition coefficient (Wildman–Crippen LogP) is 3.46. The van der Waals surface area contributed by atoms with Crippen LogP contribution in [0.3, 0.4) is 0 Å². The third kappa shape index (κ3) is 3.78. The van der Waals surface area contributed by atoms with E-state index in [1.165, 1.54) is 0 Å². The summed E-state index contributed by atoms with van der Waals surface area (Å²) in [4.78, 5) is 24.0. The van der Waals surface area contributed by atoms with E-state index in [1.54, 1.807) is 0 Å². The van der Waals surface area contributed by atoms with E-state index in [4.69, 9.17) is 0 Å². The molecule has 0 aromatic heterocycles. The van der Waals surface area contributed by atoms with Crippen molar-refractivity contribution in [2.75, 3.05) is 10.6 Å². The van der Waals surface area contributed by atoms with Gasteiger partial charge in [0.25, 0.3) is 0 Å². The predicted molar refractivity (Wildman–Crippen MR) is 81.6 cm³/mol. The molecule has 0 spiro atoms. The van der Waals surface area contributed by atoms with Crippen LogP contribution >= 0.6 is 0 Å². The van der Waals surface area contributed by atoms with Gasteiger partial charge in [0.2, 0.25) is 11.8 Å². The molecule has 2 unspecified atom stereocenters. The molecule has 1 saturated carbocycles. The quantitative estimate of drug-likeness (QED) is 0.828. The lowest BCUT2D eigenvalue weighted by Crippen LogP contribution is -2.21. The van der Waals surface area contributed by atoms with Crippen molar-refractivity contribution in [2.45, 2.75) is 6.42 Å². The zero-order chi connectivity index (χ0) is 18.1. The van der Waals surface area contributed by atoms with Gasteiger partial charge in [-0.1, -0.05) is 0 Å². The zero-order valence-electron chi connectivity index (χ0n) is 12.7. The maximum atomic E-state index is 13.5. The fourth-order valence-corrected chi connectivity index (χ4v) is 2.41. The molecule has 0 bridgehead atoms. The highest BCUT2D eigenvalue weighted by Gasteiger charge is 2.48. The third-order valence-corrected chi connectivity index (χ3v) is 3.84. The van der Waals surface area contributed by atoms with E-state index in [-0.39, 0.29) is 17.8 Å². The minimum Gasteiger partial charge on any atom is -0.323 e. The van der Waals surface area contributed by atoms with Crippen LogP contribution in [0.5, 0.6) is 0 Å². The Bertz CT molecular complexity index is 787. The van der Waals surface area contributed by atoms with Gasteiger partial charge in [-0.15, -0.1) is 0 Å². The molecule has 1 fully saturated rings. The molecule has 2 atom stereocenters. The van der Waals surface area contributed by atoms with Crippen LogP contribution in [0.1, 0.15) is 6.42 Å². The Morgan fingerprint density at radius 2 is 1.16 bits per heavy atom. The second-order valence-electron chi connectivity index (χ2n) is 5.68. The number of rotatable bonds is 4. The number of anilines is 2. The van der Waals surface area contributed by atoms with Gasteiger partial charge in [-0.3, -0.25) is 9.59 Å². The molecular weight excluding hydrogens is 340 g/mol. The number of nitrogens with one attached hydrogen (secondary N) is 2. The van der Waals surface area contributed by atoms with Crippen LogP contribution in [0.25, 0.3) is 0 Å². The molecule has 3 rings (SSSR count). The van der Waals surface area contributed by atoms with E-state index in [0.717, 1.165) is 24.3 Å². The number of carbonyl (C=O) groups excluding carboxylic acids is 2. The second kappa shape index (κ2) is 6.54. The molecule has 130 valence electrons. The van der Waals surface area contributed by atoms with Gasteiger partial charge >= 0.3 is 0 Å². The van der Waals surface area contributed by atoms with Crippen molar-refractivity contribution < 1.29 is 27.2 Å². The molecular formula is C17H12F4N2O2. The van der Waals surface area contributed by atoms with Gasteiger partial charge in [0.15, 0.2) is 0 Å². The lowest BCUT2D eigenvalue weighted by Gasteiger charge is -2.07. The first kappa shape index (κ1) is 16.9. The standard InChI is InChI=1S/C17H12F4N2O2/c18-8-1-3-14(12(20)5-8)22-16(24)10-7-11(10)17(25)23-15-4-2-9(19)6-13(15)21/h1-6,10-11H,7H2,(H,22,24)(H,23,25). The van der Waals surface area contributed by atoms with Gasteiger partial charge in [0, 0.05) is 12.1 Å². The van der Waals surface area contributed by atoms with Crippen LogP contribution in [0.2, 0.25) is 0 Å². The minimum atomic E-state index is -0.927. The van der Waals surface area contributed by atoms with Crippen LogP contribution in [0.4, 0.5) is 28.9 Å². The number of carbonyl (C=O) groups is 2. The second-order valence-corrected chi connectivity index (χ2v) is 5.68. The molecule has 1 aliphatic carbocycles. The summed E-state index contributed by atoms with van der Waals surface area (Å²) in [7, 11) is 0. The van der Waals surface area contributed by atoms with Crippen LogP contribution in [-0.4, -0.2) is 11.8 Å². The Labute approximate surface area is 139 Å². The highest BCUT2D eigenvalue weighted by atomic mass is 19.1. The minimum absolute atomic E-state index is 0.193. The van der Waals surface area contributed by atoms with E-state index < -0.39 is 46.9 Å². The average molecular weight is 352 g/mol. The molecule has 0 saturated heterocycles. The monoisotopic (exact) mass is 352 g/mol. The number of amides is 2. The first-order valence-electron chi connectivity index (χ1n) is 7.37. The van der Waals surface area contributed by atoms with Crippen LogP contribution in [0.15, 0.2) is 36.4 Å². The summed E-state index contributed by atoms with van der Waals surface area (Å²) in [5.74, 6) is -6.00. The zero-order valence-corrected chi connectivity index (χ0v) is 12.7. The van der Waals surface area contributed by atoms with Crippen molar-refractivity contribution in [3.63, 3.8) is 0 Å². The molecule has 0 radical (unpaired) electrons. The van der Waals surface area contributed by atoms with Gasteiger partial charge in [-0.2, -0.15) is 0 Å². The highest BCUT2D eigenvalue weighted by Crippen LogP contribution is 2.40. The number of halogens is 4. The van der Waals surface area contributed by atoms with Crippen molar-refractivity contribution in [3.8, 4) is 0 Å². The molecule has 0 aliphatic heterocycles. The summed E-state index contributed by atoms with van der Waals surface area (Å²) in [6.45, 7) is 0. The van der Waals surface area contributed by atoms with E-state index in [0.29, 0.717) is 12.1 Å². The molecule has 2 aromatic rings. The molecule has 25 heavy (non-hydrogen) atoms. The van der Waals surface area contributed by atoms with Gasteiger partial charge in [0.05, 0.1) is 23.2 Å². The van der Waals surface area contributed by atoms with Crippen LogP contribution < -0.4 is 10.6 Å². The normalized spacial score (nSPS) is 18.6. The lowest BCUT2D eigenvalue weighted by molar-refractivity contribution is -0.122. The summed E-state index contributed by atoms with van der Waals surface area (Å²) in [6.07, 6.45) is 0.212. The van der Waals surface area contributed by atoms with Gasteiger partial charge in [0.1, 0.15) is 23.3 Å². The van der Waals surface area contributed by atoms with E-state index in [1.807, 2.05) is 0 Å². The summed E-state index contributed by atoms with van der Waals surface area (Å²) in [5.41, 5.74) is -0.385. The Balaban J connectivity index is 1.59. The summed E-state index contributed by atoms with van der Waals surface area (Å²) < 4.78 is 52.7. The number of hydrogen-bond acceptors (Lipinski definition) is 2. The van der Waals surface area contributed by atoms with Crippen molar-refractivity contribution in [1.82, 2.24) is 0 Å². The fraction of sp³-hybridized carbons (Fsp3) is 0.176. The van der Waals surface area contributed by atoms with Gasteiger partial charge in [-0.25, -0.2) is 17.6 Å². The fourth-order valence-electron chi connectivity index (χ4n) is 2.41. The third-order valence-electron chi connectivity index (χ3n) is 3.84. The summed E-state index contributed by atoms with van der Waals surface area (Å²) >= 11 is 0. The lowest BCUT2D eigenvalue weighted by atomic mass is 10.2. The Morgan fingerprint density at radius 1 is 0.760 bits per heavy atom. The highest BCUT2D eigenvalue weighted by molar-refractivity contribution is 6.03. The first-order chi connectivity index (χ1) is 11.8.